The molecule has 12 atom stereocenters. The second-order valence-electron chi connectivity index (χ2n) is 21.0. The lowest BCUT2D eigenvalue weighted by atomic mass is 9.44. The second kappa shape index (κ2) is 14.9. The standard InChI is InChI=1S/C47H78/c1-3-11-34(12-4-1)35-22-24-37(25-23-35)46-42-17-9-10-18-43(42)47(36-13-5-2-6-14-36)45-29-33(20-26-44(45)46)27-32-19-21-40-30-38-15-7-8-16-39(38)31-41(40)28-32/h32-47H,1-31H2. The Kier molecular flexibility index (Phi) is 10.4. The number of rotatable bonds is 5. The molecule has 9 rings (SSSR count). The molecular weight excluding hydrogens is 565 g/mol. The van der Waals surface area contributed by atoms with Crippen LogP contribution in [0.3, 0.4) is 0 Å². The average molecular weight is 643 g/mol. The minimum Gasteiger partial charge on any atom is -0.0533 e. The molecule has 9 aliphatic carbocycles. The number of fused-ring (bicyclic) bond motifs is 4. The summed E-state index contributed by atoms with van der Waals surface area (Å²) in [5.41, 5.74) is 0. The third-order valence-corrected chi connectivity index (χ3v) is 19.0. The van der Waals surface area contributed by atoms with Crippen LogP contribution >= 0.6 is 0 Å². The molecule has 0 nitrogen and oxygen atoms in total. The van der Waals surface area contributed by atoms with Gasteiger partial charge in [-0.05, 0) is 178 Å². The summed E-state index contributed by atoms with van der Waals surface area (Å²) in [5.74, 6) is 18.0. The molecule has 12 unspecified atom stereocenters. The van der Waals surface area contributed by atoms with E-state index in [-0.39, 0.29) is 0 Å². The summed E-state index contributed by atoms with van der Waals surface area (Å²) in [6, 6.07) is 0. The van der Waals surface area contributed by atoms with Crippen molar-refractivity contribution >= 4 is 0 Å². The third kappa shape index (κ3) is 6.85. The summed E-state index contributed by atoms with van der Waals surface area (Å²) in [7, 11) is 0. The topological polar surface area (TPSA) is 0 Å². The summed E-state index contributed by atoms with van der Waals surface area (Å²) in [5, 5.41) is 0. The fraction of sp³-hybridized carbons (Fsp3) is 1.00. The molecule has 0 N–H and O–H groups in total. The van der Waals surface area contributed by atoms with Gasteiger partial charge in [0.1, 0.15) is 0 Å². The summed E-state index contributed by atoms with van der Waals surface area (Å²) in [4.78, 5) is 0. The van der Waals surface area contributed by atoms with Crippen molar-refractivity contribution in [3.8, 4) is 0 Å². The van der Waals surface area contributed by atoms with Crippen molar-refractivity contribution in [3.05, 3.63) is 0 Å². The Bertz CT molecular complexity index is 976. The van der Waals surface area contributed by atoms with Gasteiger partial charge in [-0.25, -0.2) is 0 Å². The summed E-state index contributed by atoms with van der Waals surface area (Å²) in [6.07, 6.45) is 49.8. The molecule has 0 radical (unpaired) electrons. The normalized spacial score (nSPS) is 50.0. The molecule has 0 heterocycles. The largest absolute Gasteiger partial charge is 0.0533 e. The highest BCUT2D eigenvalue weighted by Gasteiger charge is 2.56. The van der Waals surface area contributed by atoms with Crippen molar-refractivity contribution in [2.75, 3.05) is 0 Å². The van der Waals surface area contributed by atoms with Gasteiger partial charge in [0.25, 0.3) is 0 Å². The summed E-state index contributed by atoms with van der Waals surface area (Å²) < 4.78 is 0. The Hall–Kier alpha value is 0. The van der Waals surface area contributed by atoms with Gasteiger partial charge < -0.3 is 0 Å². The van der Waals surface area contributed by atoms with E-state index in [1.54, 1.807) is 193 Å². The molecule has 0 aromatic rings. The summed E-state index contributed by atoms with van der Waals surface area (Å²) >= 11 is 0. The maximum Gasteiger partial charge on any atom is -0.0323 e. The van der Waals surface area contributed by atoms with Crippen molar-refractivity contribution in [1.82, 2.24) is 0 Å². The van der Waals surface area contributed by atoms with Crippen molar-refractivity contribution in [1.29, 1.82) is 0 Å². The minimum atomic E-state index is 1.10. The van der Waals surface area contributed by atoms with Gasteiger partial charge in [0.2, 0.25) is 0 Å². The maximum absolute atomic E-state index is 1.69. The van der Waals surface area contributed by atoms with Crippen LogP contribution in [0.5, 0.6) is 0 Å². The second-order valence-corrected chi connectivity index (χ2v) is 21.0. The molecule has 0 saturated heterocycles. The van der Waals surface area contributed by atoms with Gasteiger partial charge in [-0.3, -0.25) is 0 Å². The van der Waals surface area contributed by atoms with Crippen LogP contribution in [0.25, 0.3) is 0 Å². The fourth-order valence-corrected chi connectivity index (χ4v) is 17.1. The van der Waals surface area contributed by atoms with Crippen LogP contribution in [0.4, 0.5) is 0 Å². The van der Waals surface area contributed by atoms with Crippen LogP contribution in [-0.4, -0.2) is 0 Å². The maximum atomic E-state index is 1.69. The Balaban J connectivity index is 0.905. The lowest BCUT2D eigenvalue weighted by molar-refractivity contribution is -0.123. The van der Waals surface area contributed by atoms with Crippen molar-refractivity contribution in [2.24, 2.45) is 94.7 Å². The number of hydrogen-bond donors (Lipinski definition) is 0. The van der Waals surface area contributed by atoms with E-state index < -0.39 is 0 Å². The molecule has 0 bridgehead atoms. The predicted octanol–water partition coefficient (Wildman–Crippen LogP) is 14.1. The Labute approximate surface area is 292 Å². The molecule has 0 aromatic heterocycles. The zero-order valence-corrected chi connectivity index (χ0v) is 31.2. The molecule has 0 amide bonds. The van der Waals surface area contributed by atoms with Crippen LogP contribution in [0.2, 0.25) is 0 Å². The van der Waals surface area contributed by atoms with E-state index in [1.807, 2.05) is 0 Å². The SMILES string of the molecule is C1CCC(C2CCC(C3C4CCCCC4C(C4CCCCC4)C4CC(CC5CCC6CC7CCCCC7CC6C5)CCC43)CC2)CC1. The van der Waals surface area contributed by atoms with Crippen molar-refractivity contribution in [2.45, 2.75) is 199 Å². The molecule has 266 valence electrons. The quantitative estimate of drug-likeness (QED) is 0.280. The lowest BCUT2D eigenvalue weighted by Crippen LogP contribution is -2.54. The molecular formula is C47H78. The van der Waals surface area contributed by atoms with E-state index in [0.717, 1.165) is 94.7 Å². The minimum absolute atomic E-state index is 1.10. The highest BCUT2D eigenvalue weighted by molar-refractivity contribution is 5.05. The Morgan fingerprint density at radius 2 is 0.638 bits per heavy atom. The first-order chi connectivity index (χ1) is 23.3. The van der Waals surface area contributed by atoms with Crippen LogP contribution in [0.15, 0.2) is 0 Å². The third-order valence-electron chi connectivity index (χ3n) is 19.0. The molecule has 0 spiro atoms. The van der Waals surface area contributed by atoms with E-state index in [0.29, 0.717) is 0 Å². The predicted molar refractivity (Wildman–Crippen MR) is 199 cm³/mol. The number of hydrogen-bond acceptors (Lipinski definition) is 0. The molecule has 0 aliphatic heterocycles. The monoisotopic (exact) mass is 643 g/mol. The van der Waals surface area contributed by atoms with E-state index in [4.69, 9.17) is 0 Å². The molecule has 9 fully saturated rings. The fourth-order valence-electron chi connectivity index (χ4n) is 17.1. The van der Waals surface area contributed by atoms with Crippen LogP contribution in [0.1, 0.15) is 199 Å². The van der Waals surface area contributed by atoms with Gasteiger partial charge in [0.15, 0.2) is 0 Å². The van der Waals surface area contributed by atoms with Crippen molar-refractivity contribution in [3.63, 3.8) is 0 Å². The zero-order valence-electron chi connectivity index (χ0n) is 31.2. The lowest BCUT2D eigenvalue weighted by Gasteiger charge is -2.61. The highest BCUT2D eigenvalue weighted by Crippen LogP contribution is 2.64. The van der Waals surface area contributed by atoms with E-state index in [9.17, 15) is 0 Å². The highest BCUT2D eigenvalue weighted by atomic mass is 14.6. The van der Waals surface area contributed by atoms with Crippen LogP contribution in [-0.2, 0) is 0 Å². The van der Waals surface area contributed by atoms with E-state index in [2.05, 4.69) is 0 Å². The first kappa shape index (κ1) is 32.9. The zero-order chi connectivity index (χ0) is 31.2. The van der Waals surface area contributed by atoms with Crippen molar-refractivity contribution < 1.29 is 0 Å². The molecule has 47 heavy (non-hydrogen) atoms. The van der Waals surface area contributed by atoms with E-state index >= 15 is 0 Å². The van der Waals surface area contributed by atoms with Gasteiger partial charge >= 0.3 is 0 Å². The van der Waals surface area contributed by atoms with Crippen LogP contribution < -0.4 is 0 Å². The van der Waals surface area contributed by atoms with Gasteiger partial charge in [-0.15, -0.1) is 0 Å². The Morgan fingerprint density at radius 1 is 0.234 bits per heavy atom. The van der Waals surface area contributed by atoms with Gasteiger partial charge in [-0.2, -0.15) is 0 Å². The molecule has 0 aromatic carbocycles. The van der Waals surface area contributed by atoms with Gasteiger partial charge in [0.05, 0.1) is 0 Å². The van der Waals surface area contributed by atoms with Gasteiger partial charge in [0, 0.05) is 0 Å². The molecule has 9 aliphatic rings. The summed E-state index contributed by atoms with van der Waals surface area (Å²) in [6.45, 7) is 0. The smallest absolute Gasteiger partial charge is 0.0323 e. The first-order valence-corrected chi connectivity index (χ1v) is 23.3. The Morgan fingerprint density at radius 3 is 1.34 bits per heavy atom. The van der Waals surface area contributed by atoms with E-state index in [1.165, 1.54) is 6.42 Å². The average Bonchev–Trinajstić information content (AvgIpc) is 3.14. The molecule has 0 heteroatoms. The molecule has 9 saturated carbocycles. The van der Waals surface area contributed by atoms with Crippen LogP contribution in [0, 0.1) is 94.7 Å². The van der Waals surface area contributed by atoms with Gasteiger partial charge in [-0.1, -0.05) is 116 Å². The first-order valence-electron chi connectivity index (χ1n) is 23.3.